The van der Waals surface area contributed by atoms with Gasteiger partial charge in [-0.3, -0.25) is 0 Å². The average Bonchev–Trinajstić information content (AvgIpc) is 3.77. The number of hydrogen-bond donors (Lipinski definition) is 0. The van der Waals surface area contributed by atoms with Crippen LogP contribution in [0, 0.1) is 0 Å². The third-order valence-electron chi connectivity index (χ3n) is 12.3. The maximum atomic E-state index is 5.48. The van der Waals surface area contributed by atoms with Crippen LogP contribution in [0.25, 0.3) is 88.8 Å². The van der Waals surface area contributed by atoms with Crippen LogP contribution < -0.4 is 0 Å². The van der Waals surface area contributed by atoms with E-state index >= 15 is 0 Å². The minimum atomic E-state index is -0.485. The van der Waals surface area contributed by atoms with Crippen molar-refractivity contribution in [2.24, 2.45) is 0 Å². The van der Waals surface area contributed by atoms with Crippen LogP contribution in [-0.4, -0.2) is 9.97 Å². The molecule has 1 atom stereocenters. The van der Waals surface area contributed by atoms with Gasteiger partial charge in [-0.15, -0.1) is 0 Å². The zero-order chi connectivity index (χ0) is 37.5. The molecule has 0 amide bonds. The maximum absolute atomic E-state index is 5.48. The summed E-state index contributed by atoms with van der Waals surface area (Å²) in [5.41, 5.74) is 17.1. The Labute approximate surface area is 331 Å². The quantitative estimate of drug-likeness (QED) is 0.181. The zero-order valence-electron chi connectivity index (χ0n) is 31.0. The maximum Gasteiger partial charge on any atom is 0.161 e. The van der Waals surface area contributed by atoms with Crippen molar-refractivity contribution in [3.63, 3.8) is 0 Å². The van der Waals surface area contributed by atoms with E-state index in [1.54, 1.807) is 0 Å². The first kappa shape index (κ1) is 31.9. The van der Waals surface area contributed by atoms with Gasteiger partial charge in [-0.25, -0.2) is 9.97 Å². The summed E-state index contributed by atoms with van der Waals surface area (Å²) in [6.45, 7) is 0. The van der Waals surface area contributed by atoms with E-state index < -0.39 is 5.41 Å². The zero-order valence-corrected chi connectivity index (χ0v) is 31.0. The first-order chi connectivity index (χ1) is 28.3. The molecule has 1 aromatic heterocycles. The topological polar surface area (TPSA) is 25.8 Å². The highest BCUT2D eigenvalue weighted by Gasteiger charge is 2.52. The molecule has 1 heterocycles. The van der Waals surface area contributed by atoms with E-state index in [0.717, 1.165) is 39.5 Å². The van der Waals surface area contributed by atoms with Crippen LogP contribution in [0.1, 0.15) is 22.3 Å². The number of rotatable bonds is 4. The van der Waals surface area contributed by atoms with Crippen molar-refractivity contribution >= 4 is 21.5 Å². The SMILES string of the molecule is c1ccc(-c2cccc(-c3cc(-c4ccc5ccccc5c4)nc(-c4cccc5c4-c4ccccc4C54c5ccccc5-c5c4ccc4ccccc54)n3)c2)cc1. The first-order valence-corrected chi connectivity index (χ1v) is 19.7. The van der Waals surface area contributed by atoms with Crippen molar-refractivity contribution in [2.45, 2.75) is 5.41 Å². The van der Waals surface area contributed by atoms with Gasteiger partial charge in [0.15, 0.2) is 5.82 Å². The summed E-state index contributed by atoms with van der Waals surface area (Å²) >= 11 is 0. The molecule has 264 valence electrons. The molecule has 0 radical (unpaired) electrons. The van der Waals surface area contributed by atoms with E-state index in [4.69, 9.17) is 9.97 Å². The van der Waals surface area contributed by atoms with Gasteiger partial charge in [-0.1, -0.05) is 188 Å². The number of benzene rings is 9. The fourth-order valence-corrected chi connectivity index (χ4v) is 9.84. The summed E-state index contributed by atoms with van der Waals surface area (Å²) in [5, 5.41) is 4.94. The van der Waals surface area contributed by atoms with Crippen molar-refractivity contribution in [3.05, 3.63) is 229 Å². The highest BCUT2D eigenvalue weighted by molar-refractivity contribution is 6.07. The van der Waals surface area contributed by atoms with Crippen molar-refractivity contribution < 1.29 is 0 Å². The Balaban J connectivity index is 1.13. The van der Waals surface area contributed by atoms with Crippen molar-refractivity contribution in [1.82, 2.24) is 9.97 Å². The van der Waals surface area contributed by atoms with Crippen LogP contribution >= 0.6 is 0 Å². The van der Waals surface area contributed by atoms with Crippen molar-refractivity contribution in [3.8, 4) is 67.3 Å². The largest absolute Gasteiger partial charge is 0.228 e. The minimum absolute atomic E-state index is 0.485. The van der Waals surface area contributed by atoms with Gasteiger partial charge >= 0.3 is 0 Å². The fraction of sp³-hybridized carbons (Fsp3) is 0.0182. The number of fused-ring (bicyclic) bond motifs is 13. The predicted octanol–water partition coefficient (Wildman–Crippen LogP) is 13.8. The molecule has 2 aliphatic rings. The number of hydrogen-bond acceptors (Lipinski definition) is 2. The third-order valence-corrected chi connectivity index (χ3v) is 12.3. The Bertz CT molecular complexity index is 3250. The Morgan fingerprint density at radius 2 is 0.842 bits per heavy atom. The summed E-state index contributed by atoms with van der Waals surface area (Å²) < 4.78 is 0. The molecule has 0 saturated carbocycles. The second kappa shape index (κ2) is 12.3. The van der Waals surface area contributed by atoms with Gasteiger partial charge in [0.1, 0.15) is 0 Å². The Kier molecular flexibility index (Phi) is 6.88. The molecule has 0 saturated heterocycles. The molecule has 0 aliphatic heterocycles. The average molecular weight is 723 g/mol. The Morgan fingerprint density at radius 1 is 0.298 bits per heavy atom. The number of aromatic nitrogens is 2. The molecule has 0 bridgehead atoms. The van der Waals surface area contributed by atoms with Crippen LogP contribution in [0.2, 0.25) is 0 Å². The minimum Gasteiger partial charge on any atom is -0.228 e. The normalized spacial score (nSPS) is 14.7. The van der Waals surface area contributed by atoms with Gasteiger partial charge in [0.05, 0.1) is 16.8 Å². The van der Waals surface area contributed by atoms with Crippen LogP contribution in [0.15, 0.2) is 206 Å². The molecule has 1 spiro atoms. The molecule has 9 aromatic carbocycles. The molecule has 0 fully saturated rings. The van der Waals surface area contributed by atoms with Crippen LogP contribution in [0.5, 0.6) is 0 Å². The molecular weight excluding hydrogens is 689 g/mol. The van der Waals surface area contributed by atoms with Gasteiger partial charge in [0.2, 0.25) is 0 Å². The van der Waals surface area contributed by atoms with Gasteiger partial charge in [0.25, 0.3) is 0 Å². The van der Waals surface area contributed by atoms with E-state index in [-0.39, 0.29) is 0 Å². The lowest BCUT2D eigenvalue weighted by Gasteiger charge is -2.30. The highest BCUT2D eigenvalue weighted by Crippen LogP contribution is 2.64. The fourth-order valence-electron chi connectivity index (χ4n) is 9.84. The lowest BCUT2D eigenvalue weighted by Crippen LogP contribution is -2.25. The lowest BCUT2D eigenvalue weighted by atomic mass is 9.70. The smallest absolute Gasteiger partial charge is 0.161 e. The van der Waals surface area contributed by atoms with Crippen molar-refractivity contribution in [1.29, 1.82) is 0 Å². The van der Waals surface area contributed by atoms with Gasteiger partial charge in [-0.05, 0) is 95.4 Å². The van der Waals surface area contributed by atoms with Crippen LogP contribution in [0.4, 0.5) is 0 Å². The van der Waals surface area contributed by atoms with Gasteiger partial charge in [-0.2, -0.15) is 0 Å². The highest BCUT2D eigenvalue weighted by atomic mass is 14.9. The van der Waals surface area contributed by atoms with Crippen molar-refractivity contribution in [2.75, 3.05) is 0 Å². The van der Waals surface area contributed by atoms with E-state index in [1.165, 1.54) is 71.6 Å². The molecule has 2 aliphatic carbocycles. The second-order valence-corrected chi connectivity index (χ2v) is 15.2. The Hall–Kier alpha value is -7.42. The third kappa shape index (κ3) is 4.65. The van der Waals surface area contributed by atoms with Gasteiger partial charge < -0.3 is 0 Å². The summed E-state index contributed by atoms with van der Waals surface area (Å²) in [5.74, 6) is 0.717. The number of nitrogens with zero attached hydrogens (tertiary/aromatic N) is 2. The second-order valence-electron chi connectivity index (χ2n) is 15.2. The first-order valence-electron chi connectivity index (χ1n) is 19.7. The summed E-state index contributed by atoms with van der Waals surface area (Å²) in [6.07, 6.45) is 0. The van der Waals surface area contributed by atoms with E-state index in [1.807, 2.05) is 0 Å². The van der Waals surface area contributed by atoms with E-state index in [2.05, 4.69) is 206 Å². The van der Waals surface area contributed by atoms with E-state index in [9.17, 15) is 0 Å². The van der Waals surface area contributed by atoms with E-state index in [0.29, 0.717) is 0 Å². The summed E-state index contributed by atoms with van der Waals surface area (Å²) in [7, 11) is 0. The summed E-state index contributed by atoms with van der Waals surface area (Å²) in [6, 6.07) is 74.9. The molecule has 2 heteroatoms. The lowest BCUT2D eigenvalue weighted by molar-refractivity contribution is 0.794. The molecule has 2 nitrogen and oxygen atoms in total. The molecule has 0 N–H and O–H groups in total. The molecule has 1 unspecified atom stereocenters. The van der Waals surface area contributed by atoms with Crippen LogP contribution in [0.3, 0.4) is 0 Å². The van der Waals surface area contributed by atoms with Crippen LogP contribution in [-0.2, 0) is 5.41 Å². The summed E-state index contributed by atoms with van der Waals surface area (Å²) in [4.78, 5) is 11.0. The monoisotopic (exact) mass is 722 g/mol. The molecule has 12 rings (SSSR count). The Morgan fingerprint density at radius 3 is 1.65 bits per heavy atom. The molecule has 10 aromatic rings. The standard InChI is InChI=1S/C55H34N2/c1-2-14-35(15-3-1)39-19-12-20-40(32-39)50-34-51(41-29-28-36-16-4-5-18-38(36)33-41)57-54(56-50)45-24-13-27-48-53(45)44-23-9-11-26-47(44)55(48)46-25-10-8-22-43(46)52-42-21-7-6-17-37(42)30-31-49(52)55/h1-34H. The predicted molar refractivity (Wildman–Crippen MR) is 235 cm³/mol. The molecular formula is C55H34N2. The van der Waals surface area contributed by atoms with Gasteiger partial charge in [0, 0.05) is 16.7 Å². The molecule has 57 heavy (non-hydrogen) atoms.